The summed E-state index contributed by atoms with van der Waals surface area (Å²) < 4.78 is 6.32. The molecule has 0 fully saturated rings. The number of nitrogens with zero attached hydrogens (tertiary/aromatic N) is 3. The van der Waals surface area contributed by atoms with Gasteiger partial charge in [-0.25, -0.2) is 4.98 Å². The summed E-state index contributed by atoms with van der Waals surface area (Å²) in [6.07, 6.45) is 1.74. The summed E-state index contributed by atoms with van der Waals surface area (Å²) in [6.45, 7) is 1.78. The van der Waals surface area contributed by atoms with Crippen LogP contribution in [0.1, 0.15) is 26.2 Å². The largest absolute Gasteiger partial charge is 0.480 e. The quantitative estimate of drug-likeness (QED) is 0.219. The third-order valence-corrected chi connectivity index (χ3v) is 4.58. The smallest absolute Gasteiger partial charge is 0.323 e. The molecular weight excluding hydrogens is 362 g/mol. The number of nitro groups is 1. The number of ether oxygens (including phenoxy) is 1. The van der Waals surface area contributed by atoms with Gasteiger partial charge in [-0.1, -0.05) is 11.8 Å². The van der Waals surface area contributed by atoms with Crippen molar-refractivity contribution in [1.29, 1.82) is 0 Å². The molecule has 0 amide bonds. The number of benzene rings is 1. The Kier molecular flexibility index (Phi) is 6.96. The third kappa shape index (κ3) is 5.19. The third-order valence-electron chi connectivity index (χ3n) is 3.51. The second-order valence-corrected chi connectivity index (χ2v) is 6.48. The predicted octanol–water partition coefficient (Wildman–Crippen LogP) is 2.85. The maximum atomic E-state index is 11.3. The first-order valence-corrected chi connectivity index (χ1v) is 9.05. The number of carboxylic acid groups (broad SMARTS) is 1. The van der Waals surface area contributed by atoms with Crippen LogP contribution in [-0.2, 0) is 20.9 Å². The minimum atomic E-state index is -1.06. The monoisotopic (exact) mass is 381 g/mol. The molecule has 1 aromatic heterocycles. The summed E-state index contributed by atoms with van der Waals surface area (Å²) in [5.41, 5.74) is 0.802. The van der Waals surface area contributed by atoms with Crippen molar-refractivity contribution in [3.63, 3.8) is 0 Å². The number of fused-ring (bicyclic) bond motifs is 1. The zero-order valence-electron chi connectivity index (χ0n) is 14.2. The van der Waals surface area contributed by atoms with Crippen LogP contribution in [0.4, 0.5) is 5.69 Å². The van der Waals surface area contributed by atoms with Gasteiger partial charge < -0.3 is 14.4 Å². The van der Waals surface area contributed by atoms with Gasteiger partial charge in [-0.2, -0.15) is 0 Å². The molecule has 0 radical (unpaired) electrons. The van der Waals surface area contributed by atoms with Crippen molar-refractivity contribution < 1.29 is 24.4 Å². The molecule has 2 rings (SSSR count). The zero-order valence-corrected chi connectivity index (χ0v) is 15.0. The Morgan fingerprint density at radius 1 is 1.38 bits per heavy atom. The molecule has 0 aliphatic carbocycles. The van der Waals surface area contributed by atoms with Gasteiger partial charge in [-0.15, -0.1) is 0 Å². The number of hydrogen-bond acceptors (Lipinski definition) is 7. The summed E-state index contributed by atoms with van der Waals surface area (Å²) in [4.78, 5) is 37.2. The molecule has 1 N–H and O–H groups in total. The van der Waals surface area contributed by atoms with Crippen LogP contribution in [0.15, 0.2) is 23.4 Å². The highest BCUT2D eigenvalue weighted by Gasteiger charge is 2.17. The van der Waals surface area contributed by atoms with Gasteiger partial charge in [0.15, 0.2) is 5.16 Å². The van der Waals surface area contributed by atoms with E-state index in [1.807, 2.05) is 0 Å². The number of aliphatic carboxylic acids is 1. The van der Waals surface area contributed by atoms with E-state index >= 15 is 0 Å². The van der Waals surface area contributed by atoms with E-state index in [0.29, 0.717) is 41.4 Å². The van der Waals surface area contributed by atoms with E-state index in [1.54, 1.807) is 6.92 Å². The summed E-state index contributed by atoms with van der Waals surface area (Å²) in [7, 11) is 0. The molecule has 2 aromatic rings. The SMILES string of the molecule is CCOC(=O)CCCCSc1nc2ccc([N+](=O)[O-])cc2n1CC(=O)O. The molecule has 0 spiro atoms. The van der Waals surface area contributed by atoms with Crippen molar-refractivity contribution in [3.8, 4) is 0 Å². The minimum Gasteiger partial charge on any atom is -0.480 e. The van der Waals surface area contributed by atoms with Gasteiger partial charge in [-0.3, -0.25) is 19.7 Å². The van der Waals surface area contributed by atoms with E-state index < -0.39 is 10.9 Å². The molecule has 0 bridgehead atoms. The van der Waals surface area contributed by atoms with Crippen LogP contribution in [0.2, 0.25) is 0 Å². The number of carboxylic acids is 1. The Bertz CT molecular complexity index is 820. The van der Waals surface area contributed by atoms with Gasteiger partial charge in [0.05, 0.1) is 22.6 Å². The molecule has 9 nitrogen and oxygen atoms in total. The van der Waals surface area contributed by atoms with E-state index in [9.17, 15) is 19.7 Å². The number of thioether (sulfide) groups is 1. The first kappa shape index (κ1) is 19.7. The van der Waals surface area contributed by atoms with E-state index in [2.05, 4.69) is 4.98 Å². The van der Waals surface area contributed by atoms with Crippen LogP contribution >= 0.6 is 11.8 Å². The first-order chi connectivity index (χ1) is 12.4. The summed E-state index contributed by atoms with van der Waals surface area (Å²) >= 11 is 1.36. The van der Waals surface area contributed by atoms with Crippen LogP contribution in [0, 0.1) is 10.1 Å². The predicted molar refractivity (Wildman–Crippen MR) is 95.2 cm³/mol. The van der Waals surface area contributed by atoms with Crippen LogP contribution in [0.3, 0.4) is 0 Å². The number of esters is 1. The number of rotatable bonds is 10. The van der Waals surface area contributed by atoms with Crippen molar-refractivity contribution in [2.45, 2.75) is 37.9 Å². The van der Waals surface area contributed by atoms with Crippen LogP contribution in [-0.4, -0.2) is 43.9 Å². The Morgan fingerprint density at radius 2 is 2.15 bits per heavy atom. The highest BCUT2D eigenvalue weighted by atomic mass is 32.2. The lowest BCUT2D eigenvalue weighted by atomic mass is 10.2. The van der Waals surface area contributed by atoms with E-state index in [4.69, 9.17) is 9.84 Å². The average molecular weight is 381 g/mol. The Hall–Kier alpha value is -2.62. The fourth-order valence-electron chi connectivity index (χ4n) is 2.37. The fourth-order valence-corrected chi connectivity index (χ4v) is 3.38. The minimum absolute atomic E-state index is 0.116. The van der Waals surface area contributed by atoms with Crippen LogP contribution < -0.4 is 0 Å². The van der Waals surface area contributed by atoms with Gasteiger partial charge in [-0.05, 0) is 25.8 Å². The number of unbranched alkanes of at least 4 members (excludes halogenated alkanes) is 1. The standard InChI is InChI=1S/C16H19N3O6S/c1-2-25-15(22)5-3-4-8-26-16-17-12-7-6-11(19(23)24)9-13(12)18(16)10-14(20)21/h6-7,9H,2-5,8,10H2,1H3,(H,20,21). The number of carbonyl (C=O) groups excluding carboxylic acids is 1. The summed E-state index contributed by atoms with van der Waals surface area (Å²) in [5.74, 6) is -0.646. The summed E-state index contributed by atoms with van der Waals surface area (Å²) in [6, 6.07) is 4.18. The number of non-ortho nitro benzene ring substituents is 1. The molecular formula is C16H19N3O6S. The molecule has 0 unspecified atom stereocenters. The topological polar surface area (TPSA) is 125 Å². The average Bonchev–Trinajstić information content (AvgIpc) is 2.91. The molecule has 0 saturated carbocycles. The second kappa shape index (κ2) is 9.18. The van der Waals surface area contributed by atoms with E-state index in [-0.39, 0.29) is 18.2 Å². The van der Waals surface area contributed by atoms with Gasteiger partial charge >= 0.3 is 11.9 Å². The van der Waals surface area contributed by atoms with Crippen molar-refractivity contribution in [1.82, 2.24) is 9.55 Å². The lowest BCUT2D eigenvalue weighted by Crippen LogP contribution is -2.10. The molecule has 0 aliphatic rings. The molecule has 140 valence electrons. The summed E-state index contributed by atoms with van der Waals surface area (Å²) in [5, 5.41) is 20.6. The van der Waals surface area contributed by atoms with Gasteiger partial charge in [0.1, 0.15) is 6.54 Å². The molecule has 1 aromatic carbocycles. The van der Waals surface area contributed by atoms with Crippen LogP contribution in [0.5, 0.6) is 0 Å². The second-order valence-electron chi connectivity index (χ2n) is 5.41. The number of carbonyl (C=O) groups is 2. The number of hydrogen-bond donors (Lipinski definition) is 1. The maximum absolute atomic E-state index is 11.3. The molecule has 10 heteroatoms. The zero-order chi connectivity index (χ0) is 19.1. The number of aromatic nitrogens is 2. The molecule has 0 saturated heterocycles. The van der Waals surface area contributed by atoms with Gasteiger partial charge in [0, 0.05) is 24.3 Å². The van der Waals surface area contributed by atoms with Gasteiger partial charge in [0.2, 0.25) is 0 Å². The highest BCUT2D eigenvalue weighted by molar-refractivity contribution is 7.99. The Morgan fingerprint density at radius 3 is 2.81 bits per heavy atom. The number of nitro benzene ring substituents is 1. The van der Waals surface area contributed by atoms with Crippen molar-refractivity contribution in [3.05, 3.63) is 28.3 Å². The molecule has 1 heterocycles. The Labute approximate surface area is 153 Å². The highest BCUT2D eigenvalue weighted by Crippen LogP contribution is 2.27. The number of imidazole rings is 1. The normalized spacial score (nSPS) is 10.8. The van der Waals surface area contributed by atoms with E-state index in [1.165, 1.54) is 34.5 Å². The maximum Gasteiger partial charge on any atom is 0.323 e. The lowest BCUT2D eigenvalue weighted by Gasteiger charge is -2.06. The van der Waals surface area contributed by atoms with Crippen molar-refractivity contribution in [2.75, 3.05) is 12.4 Å². The molecule has 0 aliphatic heterocycles. The lowest BCUT2D eigenvalue weighted by molar-refractivity contribution is -0.384. The van der Waals surface area contributed by atoms with E-state index in [0.717, 1.165) is 6.42 Å². The van der Waals surface area contributed by atoms with Crippen molar-refractivity contribution in [2.24, 2.45) is 0 Å². The van der Waals surface area contributed by atoms with Crippen LogP contribution in [0.25, 0.3) is 11.0 Å². The Balaban J connectivity index is 2.09. The fraction of sp³-hybridized carbons (Fsp3) is 0.438. The van der Waals surface area contributed by atoms with Crippen molar-refractivity contribution >= 4 is 40.4 Å². The first-order valence-electron chi connectivity index (χ1n) is 8.07. The van der Waals surface area contributed by atoms with Gasteiger partial charge in [0.25, 0.3) is 5.69 Å². The molecule has 26 heavy (non-hydrogen) atoms. The molecule has 0 atom stereocenters.